The lowest BCUT2D eigenvalue weighted by Crippen LogP contribution is -2.35. The normalized spacial score (nSPS) is 20.0. The number of ether oxygens (including phenoxy) is 1. The van der Waals surface area contributed by atoms with Gasteiger partial charge in [0.25, 0.3) is 0 Å². The van der Waals surface area contributed by atoms with Crippen LogP contribution in [0.15, 0.2) is 24.3 Å². The van der Waals surface area contributed by atoms with Crippen LogP contribution in [0, 0.1) is 5.92 Å². The number of amides is 1. The maximum Gasteiger partial charge on any atom is 0.224 e. The molecule has 0 radical (unpaired) electrons. The number of piperidine rings is 1. The monoisotopic (exact) mass is 331 g/mol. The first kappa shape index (κ1) is 17.4. The average Bonchev–Trinajstić information content (AvgIpc) is 2.63. The minimum absolute atomic E-state index is 0.134. The highest BCUT2D eigenvalue weighted by Crippen LogP contribution is 2.18. The van der Waals surface area contributed by atoms with Crippen molar-refractivity contribution in [1.29, 1.82) is 0 Å². The van der Waals surface area contributed by atoms with E-state index >= 15 is 0 Å². The van der Waals surface area contributed by atoms with E-state index in [0.29, 0.717) is 12.3 Å². The topological polar surface area (TPSA) is 53.6 Å². The van der Waals surface area contributed by atoms with Crippen LogP contribution in [0.4, 0.5) is 5.69 Å². The number of carbonyl (C=O) groups excluding carboxylic acids is 1. The molecule has 0 unspecified atom stereocenters. The van der Waals surface area contributed by atoms with Gasteiger partial charge in [0.1, 0.15) is 0 Å². The van der Waals surface area contributed by atoms with Crippen molar-refractivity contribution in [3.05, 3.63) is 29.8 Å². The second kappa shape index (κ2) is 9.16. The Bertz CT molecular complexity index is 506. The summed E-state index contributed by atoms with van der Waals surface area (Å²) in [6.07, 6.45) is 4.02. The standard InChI is InChI=1S/C19H29N3O2/c23-19(6-3-16-7-9-20-10-8-16)21-18-4-1-17(2-5-18)15-22-11-13-24-14-12-22/h1-2,4-5,16,20H,3,6-15H2,(H,21,23). The maximum atomic E-state index is 12.1. The van der Waals surface area contributed by atoms with E-state index < -0.39 is 0 Å². The minimum atomic E-state index is 0.134. The zero-order valence-electron chi connectivity index (χ0n) is 14.4. The van der Waals surface area contributed by atoms with Gasteiger partial charge in [-0.3, -0.25) is 9.69 Å². The van der Waals surface area contributed by atoms with Crippen molar-refractivity contribution in [2.24, 2.45) is 5.92 Å². The zero-order chi connectivity index (χ0) is 16.6. The van der Waals surface area contributed by atoms with Crippen molar-refractivity contribution in [2.45, 2.75) is 32.2 Å². The lowest BCUT2D eigenvalue weighted by molar-refractivity contribution is -0.116. The van der Waals surface area contributed by atoms with Crippen LogP contribution in [0.1, 0.15) is 31.2 Å². The van der Waals surface area contributed by atoms with E-state index in [-0.39, 0.29) is 5.91 Å². The first-order valence-electron chi connectivity index (χ1n) is 9.19. The number of nitrogens with zero attached hydrogens (tertiary/aromatic N) is 1. The Balaban J connectivity index is 1.40. The molecule has 0 spiro atoms. The molecule has 5 heteroatoms. The fourth-order valence-electron chi connectivity index (χ4n) is 3.44. The first-order chi connectivity index (χ1) is 11.8. The molecule has 132 valence electrons. The summed E-state index contributed by atoms with van der Waals surface area (Å²) < 4.78 is 5.37. The first-order valence-corrected chi connectivity index (χ1v) is 9.19. The largest absolute Gasteiger partial charge is 0.379 e. The Labute approximate surface area is 144 Å². The van der Waals surface area contributed by atoms with Crippen molar-refractivity contribution in [3.63, 3.8) is 0 Å². The van der Waals surface area contributed by atoms with E-state index in [4.69, 9.17) is 4.74 Å². The highest BCUT2D eigenvalue weighted by atomic mass is 16.5. The van der Waals surface area contributed by atoms with E-state index in [1.807, 2.05) is 12.1 Å². The molecular formula is C19H29N3O2. The minimum Gasteiger partial charge on any atom is -0.379 e. The molecule has 1 aromatic carbocycles. The number of rotatable bonds is 6. The highest BCUT2D eigenvalue weighted by Gasteiger charge is 2.15. The van der Waals surface area contributed by atoms with Crippen LogP contribution < -0.4 is 10.6 Å². The Kier molecular flexibility index (Phi) is 6.64. The quantitative estimate of drug-likeness (QED) is 0.839. The van der Waals surface area contributed by atoms with Crippen LogP contribution in [0.5, 0.6) is 0 Å². The van der Waals surface area contributed by atoms with Gasteiger partial charge in [0.2, 0.25) is 5.91 Å². The number of morpholine rings is 1. The molecule has 2 saturated heterocycles. The van der Waals surface area contributed by atoms with Crippen molar-refractivity contribution in [2.75, 3.05) is 44.7 Å². The highest BCUT2D eigenvalue weighted by molar-refractivity contribution is 5.90. The predicted molar refractivity (Wildman–Crippen MR) is 96.0 cm³/mol. The molecule has 24 heavy (non-hydrogen) atoms. The van der Waals surface area contributed by atoms with Gasteiger partial charge < -0.3 is 15.4 Å². The third-order valence-electron chi connectivity index (χ3n) is 4.99. The molecule has 2 aliphatic rings. The summed E-state index contributed by atoms with van der Waals surface area (Å²) >= 11 is 0. The maximum absolute atomic E-state index is 12.1. The molecule has 2 N–H and O–H groups in total. The summed E-state index contributed by atoms with van der Waals surface area (Å²) in [7, 11) is 0. The fraction of sp³-hybridized carbons (Fsp3) is 0.632. The van der Waals surface area contributed by atoms with E-state index in [9.17, 15) is 4.79 Å². The van der Waals surface area contributed by atoms with Crippen molar-refractivity contribution >= 4 is 11.6 Å². The molecule has 2 aliphatic heterocycles. The fourth-order valence-corrected chi connectivity index (χ4v) is 3.44. The number of benzene rings is 1. The smallest absolute Gasteiger partial charge is 0.224 e. The Morgan fingerprint density at radius 2 is 1.88 bits per heavy atom. The lowest BCUT2D eigenvalue weighted by atomic mass is 9.93. The number of hydrogen-bond acceptors (Lipinski definition) is 4. The second-order valence-electron chi connectivity index (χ2n) is 6.87. The Morgan fingerprint density at radius 3 is 2.58 bits per heavy atom. The van der Waals surface area contributed by atoms with Crippen LogP contribution in [0.2, 0.25) is 0 Å². The van der Waals surface area contributed by atoms with E-state index in [2.05, 4.69) is 27.7 Å². The van der Waals surface area contributed by atoms with Crippen LogP contribution in [0.25, 0.3) is 0 Å². The van der Waals surface area contributed by atoms with E-state index in [0.717, 1.165) is 58.0 Å². The second-order valence-corrected chi connectivity index (χ2v) is 6.87. The summed E-state index contributed by atoms with van der Waals surface area (Å²) in [6, 6.07) is 8.24. The number of hydrogen-bond donors (Lipinski definition) is 2. The molecule has 0 aliphatic carbocycles. The predicted octanol–water partition coefficient (Wildman–Crippen LogP) is 2.24. The third-order valence-corrected chi connectivity index (χ3v) is 4.99. The van der Waals surface area contributed by atoms with Crippen molar-refractivity contribution in [3.8, 4) is 0 Å². The average molecular weight is 331 g/mol. The van der Waals surface area contributed by atoms with Gasteiger partial charge in [0, 0.05) is 31.7 Å². The number of carbonyl (C=O) groups is 1. The molecule has 2 heterocycles. The van der Waals surface area contributed by atoms with E-state index in [1.54, 1.807) is 0 Å². The molecule has 2 fully saturated rings. The molecule has 3 rings (SSSR count). The van der Waals surface area contributed by atoms with Crippen molar-refractivity contribution < 1.29 is 9.53 Å². The van der Waals surface area contributed by atoms with Gasteiger partial charge in [-0.1, -0.05) is 12.1 Å². The molecule has 0 aromatic heterocycles. The molecule has 0 saturated carbocycles. The third kappa shape index (κ3) is 5.58. The Morgan fingerprint density at radius 1 is 1.17 bits per heavy atom. The molecule has 1 aromatic rings. The number of nitrogens with one attached hydrogen (secondary N) is 2. The molecule has 5 nitrogen and oxygen atoms in total. The Hall–Kier alpha value is -1.43. The summed E-state index contributed by atoms with van der Waals surface area (Å²) in [5.41, 5.74) is 2.18. The van der Waals surface area contributed by atoms with Crippen LogP contribution in [-0.2, 0) is 16.1 Å². The molecule has 1 amide bonds. The van der Waals surface area contributed by atoms with Gasteiger partial charge >= 0.3 is 0 Å². The summed E-state index contributed by atoms with van der Waals surface area (Å²) in [6.45, 7) is 6.78. The summed E-state index contributed by atoms with van der Waals surface area (Å²) in [5, 5.41) is 6.39. The van der Waals surface area contributed by atoms with Crippen LogP contribution >= 0.6 is 0 Å². The number of anilines is 1. The lowest BCUT2D eigenvalue weighted by Gasteiger charge is -2.26. The molecule has 0 bridgehead atoms. The van der Waals surface area contributed by atoms with Gasteiger partial charge in [0.15, 0.2) is 0 Å². The molecular weight excluding hydrogens is 302 g/mol. The zero-order valence-corrected chi connectivity index (χ0v) is 14.4. The van der Waals surface area contributed by atoms with E-state index in [1.165, 1.54) is 18.4 Å². The van der Waals surface area contributed by atoms with Gasteiger partial charge in [-0.15, -0.1) is 0 Å². The van der Waals surface area contributed by atoms with Crippen LogP contribution in [-0.4, -0.2) is 50.2 Å². The van der Waals surface area contributed by atoms with Crippen LogP contribution in [0.3, 0.4) is 0 Å². The molecule has 0 atom stereocenters. The van der Waals surface area contributed by atoms with Gasteiger partial charge in [-0.2, -0.15) is 0 Å². The summed E-state index contributed by atoms with van der Waals surface area (Å²) in [5.74, 6) is 0.836. The summed E-state index contributed by atoms with van der Waals surface area (Å²) in [4.78, 5) is 14.5. The van der Waals surface area contributed by atoms with Crippen molar-refractivity contribution in [1.82, 2.24) is 10.2 Å². The van der Waals surface area contributed by atoms with Gasteiger partial charge in [-0.05, 0) is 56.0 Å². The SMILES string of the molecule is O=C(CCC1CCNCC1)Nc1ccc(CN2CCOCC2)cc1. The van der Waals surface area contributed by atoms with Gasteiger partial charge in [-0.25, -0.2) is 0 Å². The van der Waals surface area contributed by atoms with Gasteiger partial charge in [0.05, 0.1) is 13.2 Å².